The molecule has 2 rings (SSSR count). The molecule has 0 aliphatic heterocycles. The number of thioether (sulfide) groups is 1. The Morgan fingerprint density at radius 1 is 1.56 bits per heavy atom. The van der Waals surface area contributed by atoms with Gasteiger partial charge in [0.2, 0.25) is 0 Å². The highest BCUT2D eigenvalue weighted by Crippen LogP contribution is 2.40. The lowest BCUT2D eigenvalue weighted by molar-refractivity contribution is 0.436. The van der Waals surface area contributed by atoms with Crippen molar-refractivity contribution < 1.29 is 0 Å². The molecule has 0 spiro atoms. The van der Waals surface area contributed by atoms with Gasteiger partial charge in [0.25, 0.3) is 0 Å². The molecular formula is C15H20N2S. The highest BCUT2D eigenvalue weighted by molar-refractivity contribution is 8.00. The number of benzene rings is 1. The average molecular weight is 260 g/mol. The first-order valence-electron chi connectivity index (χ1n) is 6.57. The summed E-state index contributed by atoms with van der Waals surface area (Å²) in [7, 11) is 0. The van der Waals surface area contributed by atoms with Gasteiger partial charge in [0.05, 0.1) is 6.07 Å². The quantitative estimate of drug-likeness (QED) is 0.900. The smallest absolute Gasteiger partial charge is 0.107 e. The van der Waals surface area contributed by atoms with Crippen LogP contribution in [0, 0.1) is 18.3 Å². The predicted octanol–water partition coefficient (Wildman–Crippen LogP) is 3.51. The van der Waals surface area contributed by atoms with Gasteiger partial charge < -0.3 is 0 Å². The highest BCUT2D eigenvalue weighted by atomic mass is 32.2. The molecule has 2 atom stereocenters. The summed E-state index contributed by atoms with van der Waals surface area (Å²) < 4.78 is 0. The first-order valence-corrected chi connectivity index (χ1v) is 7.45. The van der Waals surface area contributed by atoms with Crippen LogP contribution in [0.15, 0.2) is 29.2 Å². The molecule has 0 heterocycles. The fourth-order valence-electron chi connectivity index (χ4n) is 2.62. The van der Waals surface area contributed by atoms with E-state index in [0.717, 1.165) is 25.8 Å². The second kappa shape index (κ2) is 5.77. The molecule has 1 aromatic rings. The van der Waals surface area contributed by atoms with Crippen molar-refractivity contribution in [2.24, 2.45) is 0 Å². The van der Waals surface area contributed by atoms with Gasteiger partial charge in [0, 0.05) is 10.1 Å². The van der Waals surface area contributed by atoms with Gasteiger partial charge in [0.1, 0.15) is 5.54 Å². The Kier molecular flexibility index (Phi) is 4.31. The van der Waals surface area contributed by atoms with E-state index >= 15 is 0 Å². The van der Waals surface area contributed by atoms with Crippen molar-refractivity contribution >= 4 is 11.8 Å². The minimum absolute atomic E-state index is 0.282. The SMILES string of the molecule is CCNC1(C#N)CCC(Sc2cccc(C)c2)C1. The maximum atomic E-state index is 9.35. The standard InChI is InChI=1S/C15H20N2S/c1-3-17-15(11-16)8-7-14(10-15)18-13-6-4-5-12(2)9-13/h4-6,9,14,17H,3,7-8,10H2,1-2H3. The van der Waals surface area contributed by atoms with Crippen LogP contribution in [0.4, 0.5) is 0 Å². The third kappa shape index (κ3) is 3.07. The third-order valence-electron chi connectivity index (χ3n) is 3.49. The van der Waals surface area contributed by atoms with E-state index in [2.05, 4.69) is 49.5 Å². The number of hydrogen-bond donors (Lipinski definition) is 1. The van der Waals surface area contributed by atoms with E-state index in [1.165, 1.54) is 10.5 Å². The lowest BCUT2D eigenvalue weighted by Crippen LogP contribution is -2.41. The van der Waals surface area contributed by atoms with Crippen LogP contribution in [-0.2, 0) is 0 Å². The summed E-state index contributed by atoms with van der Waals surface area (Å²) in [6.45, 7) is 5.06. The minimum Gasteiger partial charge on any atom is -0.300 e. The number of rotatable bonds is 4. The molecule has 1 aliphatic rings. The van der Waals surface area contributed by atoms with Gasteiger partial charge in [-0.3, -0.25) is 5.32 Å². The molecule has 1 fully saturated rings. The lowest BCUT2D eigenvalue weighted by Gasteiger charge is -2.21. The first kappa shape index (κ1) is 13.5. The van der Waals surface area contributed by atoms with Crippen molar-refractivity contribution in [3.63, 3.8) is 0 Å². The Morgan fingerprint density at radius 3 is 3.06 bits per heavy atom. The molecule has 1 saturated carbocycles. The van der Waals surface area contributed by atoms with Crippen LogP contribution in [0.25, 0.3) is 0 Å². The summed E-state index contributed by atoms with van der Waals surface area (Å²) in [6.07, 6.45) is 3.05. The summed E-state index contributed by atoms with van der Waals surface area (Å²) in [5.41, 5.74) is 1.02. The molecule has 1 N–H and O–H groups in total. The fraction of sp³-hybridized carbons (Fsp3) is 0.533. The third-order valence-corrected chi connectivity index (χ3v) is 4.75. The van der Waals surface area contributed by atoms with Gasteiger partial charge in [-0.1, -0.05) is 24.6 Å². The molecule has 0 amide bonds. The van der Waals surface area contributed by atoms with Crippen LogP contribution in [0.1, 0.15) is 31.7 Å². The zero-order valence-electron chi connectivity index (χ0n) is 11.1. The molecule has 3 heteroatoms. The first-order chi connectivity index (χ1) is 8.67. The summed E-state index contributed by atoms with van der Waals surface area (Å²) in [6, 6.07) is 11.1. The summed E-state index contributed by atoms with van der Waals surface area (Å²) in [5, 5.41) is 13.3. The van der Waals surface area contributed by atoms with Crippen molar-refractivity contribution in [3.8, 4) is 6.07 Å². The molecule has 1 aromatic carbocycles. The summed E-state index contributed by atoms with van der Waals surface area (Å²) >= 11 is 1.92. The summed E-state index contributed by atoms with van der Waals surface area (Å²) in [4.78, 5) is 1.32. The van der Waals surface area contributed by atoms with Gasteiger partial charge >= 0.3 is 0 Å². The molecular weight excluding hydrogens is 240 g/mol. The topological polar surface area (TPSA) is 35.8 Å². The van der Waals surface area contributed by atoms with Gasteiger partial charge in [0.15, 0.2) is 0 Å². The van der Waals surface area contributed by atoms with E-state index in [9.17, 15) is 5.26 Å². The van der Waals surface area contributed by atoms with E-state index in [4.69, 9.17) is 0 Å². The van der Waals surface area contributed by atoms with Gasteiger partial charge in [-0.25, -0.2) is 0 Å². The molecule has 96 valence electrons. The number of nitrogens with zero attached hydrogens (tertiary/aromatic N) is 1. The van der Waals surface area contributed by atoms with Crippen molar-refractivity contribution in [2.45, 2.75) is 48.8 Å². The Balaban J connectivity index is 1.99. The van der Waals surface area contributed by atoms with Crippen LogP contribution >= 0.6 is 11.8 Å². The zero-order chi connectivity index (χ0) is 13.0. The van der Waals surface area contributed by atoms with Crippen LogP contribution in [0.5, 0.6) is 0 Å². The molecule has 18 heavy (non-hydrogen) atoms. The monoisotopic (exact) mass is 260 g/mol. The second-order valence-corrected chi connectivity index (χ2v) is 6.40. The molecule has 2 unspecified atom stereocenters. The molecule has 0 radical (unpaired) electrons. The fourth-order valence-corrected chi connectivity index (χ4v) is 4.02. The largest absolute Gasteiger partial charge is 0.300 e. The Labute approximate surface area is 114 Å². The van der Waals surface area contributed by atoms with E-state index in [0.29, 0.717) is 5.25 Å². The van der Waals surface area contributed by atoms with E-state index in [-0.39, 0.29) is 5.54 Å². The highest BCUT2D eigenvalue weighted by Gasteiger charge is 2.38. The number of hydrogen-bond acceptors (Lipinski definition) is 3. The number of nitriles is 1. The van der Waals surface area contributed by atoms with Crippen molar-refractivity contribution in [3.05, 3.63) is 29.8 Å². The van der Waals surface area contributed by atoms with Crippen molar-refractivity contribution in [2.75, 3.05) is 6.54 Å². The Bertz CT molecular complexity index is 452. The Morgan fingerprint density at radius 2 is 2.39 bits per heavy atom. The van der Waals surface area contributed by atoms with Gasteiger partial charge in [-0.2, -0.15) is 5.26 Å². The van der Waals surface area contributed by atoms with E-state index < -0.39 is 0 Å². The van der Waals surface area contributed by atoms with Crippen LogP contribution in [0.3, 0.4) is 0 Å². The average Bonchev–Trinajstić information content (AvgIpc) is 2.74. The normalized spacial score (nSPS) is 27.1. The van der Waals surface area contributed by atoms with Crippen LogP contribution < -0.4 is 5.32 Å². The van der Waals surface area contributed by atoms with Crippen LogP contribution in [-0.4, -0.2) is 17.3 Å². The van der Waals surface area contributed by atoms with Crippen molar-refractivity contribution in [1.29, 1.82) is 5.26 Å². The molecule has 1 aliphatic carbocycles. The molecule has 0 bridgehead atoms. The lowest BCUT2D eigenvalue weighted by atomic mass is 10.0. The predicted molar refractivity (Wildman–Crippen MR) is 76.7 cm³/mol. The molecule has 2 nitrogen and oxygen atoms in total. The number of nitrogens with one attached hydrogen (secondary N) is 1. The maximum absolute atomic E-state index is 9.35. The van der Waals surface area contributed by atoms with Crippen molar-refractivity contribution in [1.82, 2.24) is 5.32 Å². The second-order valence-electron chi connectivity index (χ2n) is 5.02. The maximum Gasteiger partial charge on any atom is 0.107 e. The number of aryl methyl sites for hydroxylation is 1. The molecule has 0 aromatic heterocycles. The van der Waals surface area contributed by atoms with Crippen LogP contribution in [0.2, 0.25) is 0 Å². The minimum atomic E-state index is -0.282. The van der Waals surface area contributed by atoms with E-state index in [1.54, 1.807) is 0 Å². The van der Waals surface area contributed by atoms with E-state index in [1.807, 2.05) is 11.8 Å². The van der Waals surface area contributed by atoms with Gasteiger partial charge in [-0.05, 0) is 44.9 Å². The Hall–Kier alpha value is -0.980. The zero-order valence-corrected chi connectivity index (χ0v) is 11.9. The van der Waals surface area contributed by atoms with Gasteiger partial charge in [-0.15, -0.1) is 11.8 Å². The summed E-state index contributed by atoms with van der Waals surface area (Å²) in [5.74, 6) is 0. The molecule has 0 saturated heterocycles.